The number of nitrogens with one attached hydrogen (secondary N) is 2. The van der Waals surface area contributed by atoms with Crippen molar-refractivity contribution in [2.75, 3.05) is 73.7 Å². The SMILES string of the molecule is CN=C(NCc1ccc(C)cc1OCCCOC)NCC(C)CN1CCN(C)CC1.I. The number of hydrogen-bond donors (Lipinski definition) is 2. The van der Waals surface area contributed by atoms with Gasteiger partial charge in [-0.2, -0.15) is 0 Å². The van der Waals surface area contributed by atoms with Crippen LogP contribution < -0.4 is 15.4 Å². The summed E-state index contributed by atoms with van der Waals surface area (Å²) in [4.78, 5) is 9.33. The molecule has 0 spiro atoms. The van der Waals surface area contributed by atoms with Gasteiger partial charge >= 0.3 is 0 Å². The van der Waals surface area contributed by atoms with Crippen LogP contribution in [0.4, 0.5) is 0 Å². The van der Waals surface area contributed by atoms with Crippen molar-refractivity contribution in [1.82, 2.24) is 20.4 Å². The molecule has 2 rings (SSSR count). The predicted molar refractivity (Wildman–Crippen MR) is 140 cm³/mol. The van der Waals surface area contributed by atoms with Crippen LogP contribution in [0.2, 0.25) is 0 Å². The first-order chi connectivity index (χ1) is 14.5. The van der Waals surface area contributed by atoms with E-state index in [2.05, 4.69) is 64.5 Å². The Morgan fingerprint density at radius 3 is 2.58 bits per heavy atom. The number of likely N-dealkylation sites (N-methyl/N-ethyl adjacent to an activating group) is 1. The highest BCUT2D eigenvalue weighted by Gasteiger charge is 2.16. The van der Waals surface area contributed by atoms with Gasteiger partial charge in [-0.05, 0) is 31.5 Å². The number of guanidine groups is 1. The van der Waals surface area contributed by atoms with Gasteiger partial charge in [0, 0.05) is 78.6 Å². The number of methoxy groups -OCH3 is 1. The van der Waals surface area contributed by atoms with Crippen molar-refractivity contribution >= 4 is 29.9 Å². The minimum absolute atomic E-state index is 0. The fourth-order valence-corrected chi connectivity index (χ4v) is 3.53. The Morgan fingerprint density at radius 1 is 1.16 bits per heavy atom. The third-order valence-corrected chi connectivity index (χ3v) is 5.43. The van der Waals surface area contributed by atoms with E-state index in [1.807, 2.05) is 7.05 Å². The topological polar surface area (TPSA) is 61.4 Å². The van der Waals surface area contributed by atoms with Crippen molar-refractivity contribution in [3.05, 3.63) is 29.3 Å². The molecule has 1 aromatic rings. The van der Waals surface area contributed by atoms with Crippen LogP contribution in [0, 0.1) is 12.8 Å². The molecular formula is C23H42IN5O2. The zero-order valence-corrected chi connectivity index (χ0v) is 22.3. The zero-order chi connectivity index (χ0) is 21.8. The van der Waals surface area contributed by atoms with E-state index in [9.17, 15) is 0 Å². The number of piperazine rings is 1. The lowest BCUT2D eigenvalue weighted by atomic mass is 10.1. The molecule has 1 atom stereocenters. The molecule has 31 heavy (non-hydrogen) atoms. The summed E-state index contributed by atoms with van der Waals surface area (Å²) in [5.74, 6) is 2.31. The molecule has 1 fully saturated rings. The molecule has 8 heteroatoms. The fourth-order valence-electron chi connectivity index (χ4n) is 3.53. The molecule has 0 aromatic heterocycles. The number of hydrogen-bond acceptors (Lipinski definition) is 5. The molecule has 1 aromatic carbocycles. The zero-order valence-electron chi connectivity index (χ0n) is 19.9. The maximum atomic E-state index is 5.99. The van der Waals surface area contributed by atoms with Crippen LogP contribution in [0.25, 0.3) is 0 Å². The number of aryl methyl sites for hydroxylation is 1. The number of halogens is 1. The summed E-state index contributed by atoms with van der Waals surface area (Å²) >= 11 is 0. The van der Waals surface area contributed by atoms with Gasteiger partial charge in [-0.1, -0.05) is 19.1 Å². The quantitative estimate of drug-likeness (QED) is 0.192. The summed E-state index contributed by atoms with van der Waals surface area (Å²) in [5.41, 5.74) is 2.33. The Kier molecular flexibility index (Phi) is 14.1. The summed E-state index contributed by atoms with van der Waals surface area (Å²) in [7, 11) is 5.73. The van der Waals surface area contributed by atoms with E-state index in [1.54, 1.807) is 7.11 Å². The lowest BCUT2D eigenvalue weighted by Gasteiger charge is -2.34. The van der Waals surface area contributed by atoms with Crippen LogP contribution in [-0.4, -0.2) is 89.4 Å². The van der Waals surface area contributed by atoms with Crippen molar-refractivity contribution in [2.24, 2.45) is 10.9 Å². The first-order valence-corrected chi connectivity index (χ1v) is 11.1. The Balaban J connectivity index is 0.00000480. The molecule has 0 aliphatic carbocycles. The smallest absolute Gasteiger partial charge is 0.191 e. The second-order valence-corrected chi connectivity index (χ2v) is 8.32. The minimum atomic E-state index is 0. The van der Waals surface area contributed by atoms with Crippen LogP contribution >= 0.6 is 24.0 Å². The average Bonchev–Trinajstić information content (AvgIpc) is 2.74. The molecule has 0 amide bonds. The number of nitrogens with zero attached hydrogens (tertiary/aromatic N) is 3. The molecule has 0 saturated carbocycles. The van der Waals surface area contributed by atoms with Crippen molar-refractivity contribution in [2.45, 2.75) is 26.8 Å². The molecule has 1 unspecified atom stereocenters. The van der Waals surface area contributed by atoms with Crippen molar-refractivity contribution in [3.8, 4) is 5.75 Å². The molecule has 0 bridgehead atoms. The van der Waals surface area contributed by atoms with Gasteiger partial charge < -0.3 is 29.9 Å². The molecule has 1 aliphatic heterocycles. The summed E-state index contributed by atoms with van der Waals surface area (Å²) in [5, 5.41) is 6.90. The molecular weight excluding hydrogens is 505 g/mol. The van der Waals surface area contributed by atoms with Crippen LogP contribution in [0.1, 0.15) is 24.5 Å². The van der Waals surface area contributed by atoms with E-state index in [1.165, 1.54) is 5.56 Å². The normalized spacial score (nSPS) is 16.5. The van der Waals surface area contributed by atoms with Gasteiger partial charge in [0.25, 0.3) is 0 Å². The molecule has 1 saturated heterocycles. The highest BCUT2D eigenvalue weighted by atomic mass is 127. The van der Waals surface area contributed by atoms with Crippen LogP contribution in [0.3, 0.4) is 0 Å². The van der Waals surface area contributed by atoms with Gasteiger partial charge in [-0.25, -0.2) is 0 Å². The maximum Gasteiger partial charge on any atom is 0.191 e. The third-order valence-electron chi connectivity index (χ3n) is 5.43. The standard InChI is InChI=1S/C23H41N5O2.HI/c1-19-7-8-21(22(15-19)30-14-6-13-29-5)17-26-23(24-3)25-16-20(2)18-28-11-9-27(4)10-12-28;/h7-8,15,20H,6,9-14,16-18H2,1-5H3,(H2,24,25,26);1H. The molecule has 1 heterocycles. The van der Waals surface area contributed by atoms with Crippen LogP contribution in [-0.2, 0) is 11.3 Å². The van der Waals surface area contributed by atoms with Gasteiger partial charge in [0.15, 0.2) is 5.96 Å². The highest BCUT2D eigenvalue weighted by molar-refractivity contribution is 14.0. The van der Waals surface area contributed by atoms with Gasteiger partial charge in [0.1, 0.15) is 5.75 Å². The Morgan fingerprint density at radius 2 is 1.90 bits per heavy atom. The van der Waals surface area contributed by atoms with E-state index >= 15 is 0 Å². The lowest BCUT2D eigenvalue weighted by Crippen LogP contribution is -2.47. The molecule has 178 valence electrons. The Labute approximate surface area is 206 Å². The molecule has 7 nitrogen and oxygen atoms in total. The van der Waals surface area contributed by atoms with Crippen LogP contribution in [0.15, 0.2) is 23.2 Å². The second-order valence-electron chi connectivity index (χ2n) is 8.32. The number of aliphatic imine (C=N–C) groups is 1. The van der Waals surface area contributed by atoms with E-state index in [-0.39, 0.29) is 24.0 Å². The summed E-state index contributed by atoms with van der Waals surface area (Å²) in [6.07, 6.45) is 0.881. The summed E-state index contributed by atoms with van der Waals surface area (Å²) < 4.78 is 11.1. The monoisotopic (exact) mass is 547 g/mol. The van der Waals surface area contributed by atoms with Crippen molar-refractivity contribution < 1.29 is 9.47 Å². The second kappa shape index (κ2) is 15.7. The van der Waals surface area contributed by atoms with Crippen molar-refractivity contribution in [3.63, 3.8) is 0 Å². The molecule has 1 aliphatic rings. The van der Waals surface area contributed by atoms with E-state index < -0.39 is 0 Å². The van der Waals surface area contributed by atoms with Crippen LogP contribution in [0.5, 0.6) is 5.75 Å². The first kappa shape index (κ1) is 27.9. The average molecular weight is 548 g/mol. The summed E-state index contributed by atoms with van der Waals surface area (Å²) in [6, 6.07) is 6.34. The first-order valence-electron chi connectivity index (χ1n) is 11.1. The predicted octanol–water partition coefficient (Wildman–Crippen LogP) is 2.58. The molecule has 2 N–H and O–H groups in total. The Bertz CT molecular complexity index is 651. The highest BCUT2D eigenvalue weighted by Crippen LogP contribution is 2.20. The van der Waals surface area contributed by atoms with Gasteiger partial charge in [-0.15, -0.1) is 24.0 Å². The van der Waals surface area contributed by atoms with Gasteiger partial charge in [0.2, 0.25) is 0 Å². The number of rotatable bonds is 11. The number of ether oxygens (including phenoxy) is 2. The lowest BCUT2D eigenvalue weighted by molar-refractivity contribution is 0.139. The largest absolute Gasteiger partial charge is 0.493 e. The van der Waals surface area contributed by atoms with Gasteiger partial charge in [-0.3, -0.25) is 4.99 Å². The number of benzene rings is 1. The fraction of sp³-hybridized carbons (Fsp3) is 0.696. The van der Waals surface area contributed by atoms with E-state index in [0.29, 0.717) is 25.7 Å². The third kappa shape index (κ3) is 10.9. The van der Waals surface area contributed by atoms with Gasteiger partial charge in [0.05, 0.1) is 6.61 Å². The Hall–Kier alpha value is -1.10. The van der Waals surface area contributed by atoms with Crippen molar-refractivity contribution in [1.29, 1.82) is 0 Å². The maximum absolute atomic E-state index is 5.99. The minimum Gasteiger partial charge on any atom is -0.493 e. The van der Waals surface area contributed by atoms with E-state index in [0.717, 1.165) is 63.0 Å². The molecule has 0 radical (unpaired) electrons. The van der Waals surface area contributed by atoms with E-state index in [4.69, 9.17) is 9.47 Å². The summed E-state index contributed by atoms with van der Waals surface area (Å²) in [6.45, 7) is 13.1.